The van der Waals surface area contributed by atoms with E-state index in [0.29, 0.717) is 52.5 Å². The largest absolute Gasteiger partial charge is 0.457 e. The molecule has 2 N–H and O–H groups in total. The van der Waals surface area contributed by atoms with Crippen molar-refractivity contribution in [1.29, 1.82) is 0 Å². The molecule has 4 aromatic rings. The van der Waals surface area contributed by atoms with Gasteiger partial charge < -0.3 is 24.5 Å². The van der Waals surface area contributed by atoms with E-state index in [1.807, 2.05) is 30.3 Å². The number of para-hydroxylation sites is 1. The van der Waals surface area contributed by atoms with E-state index in [0.717, 1.165) is 12.7 Å². The number of hydrogen-bond acceptors (Lipinski definition) is 9. The maximum absolute atomic E-state index is 13.6. The van der Waals surface area contributed by atoms with Gasteiger partial charge in [0.1, 0.15) is 35.2 Å². The molecule has 1 fully saturated rings. The molecule has 0 bridgehead atoms. The molecule has 12 heteroatoms. The molecule has 2 atom stereocenters. The second-order valence-corrected chi connectivity index (χ2v) is 11.8. The number of sulfone groups is 1. The van der Waals surface area contributed by atoms with Crippen LogP contribution in [0.5, 0.6) is 11.5 Å². The highest BCUT2D eigenvalue weighted by Crippen LogP contribution is 2.32. The van der Waals surface area contributed by atoms with Crippen LogP contribution in [-0.4, -0.2) is 66.7 Å². The molecule has 10 nitrogen and oxygen atoms in total. The number of carbonyl (C=O) groups is 1. The average Bonchev–Trinajstić information content (AvgIpc) is 3.35. The lowest BCUT2D eigenvalue weighted by molar-refractivity contribution is -0.0368. The van der Waals surface area contributed by atoms with Crippen LogP contribution in [0.25, 0.3) is 11.0 Å². The third kappa shape index (κ3) is 6.74. The van der Waals surface area contributed by atoms with E-state index in [1.54, 1.807) is 24.4 Å². The number of halogens is 1. The van der Waals surface area contributed by atoms with E-state index < -0.39 is 9.84 Å². The second kappa shape index (κ2) is 11.7. The summed E-state index contributed by atoms with van der Waals surface area (Å²) in [4.78, 5) is 25.3. The Morgan fingerprint density at radius 3 is 2.67 bits per heavy atom. The number of hydrogen-bond donors (Lipinski definition) is 2. The maximum Gasteiger partial charge on any atom is 0.196 e. The Bertz CT molecular complexity index is 1570. The molecule has 0 amide bonds. The van der Waals surface area contributed by atoms with E-state index >= 15 is 0 Å². The number of fused-ring (bicyclic) bond motifs is 1. The van der Waals surface area contributed by atoms with Crippen LogP contribution in [0.15, 0.2) is 61.1 Å². The first kappa shape index (κ1) is 27.1. The summed E-state index contributed by atoms with van der Waals surface area (Å²) >= 11 is 6.51. The summed E-state index contributed by atoms with van der Waals surface area (Å²) in [5, 5.41) is 4.19. The summed E-state index contributed by atoms with van der Waals surface area (Å²) < 4.78 is 39.4. The minimum atomic E-state index is -3.19. The standard InChI is InChI=1S/C27H27ClN4O6S/c1-39(34,35)16-36-14-20-8-7-17(13-37-20)32-27-24-22(12-29-26(24)30-15-31-27)25(33)21-10-9-19(11-23(21)28)38-18-5-3-2-4-6-18/h2-6,9-12,15,17,20H,7-8,13-14,16H2,1H3,(H2,29,30,31,32)/t17-,20+/m1/s1. The monoisotopic (exact) mass is 570 g/mol. The Kier molecular flexibility index (Phi) is 8.12. The number of aromatic nitrogens is 3. The van der Waals surface area contributed by atoms with Crippen molar-refractivity contribution in [2.24, 2.45) is 0 Å². The summed E-state index contributed by atoms with van der Waals surface area (Å²) in [6, 6.07) is 14.2. The Labute approximate surface area is 230 Å². The van der Waals surface area contributed by atoms with E-state index in [2.05, 4.69) is 20.3 Å². The smallest absolute Gasteiger partial charge is 0.196 e. The molecule has 0 spiro atoms. The van der Waals surface area contributed by atoms with Crippen molar-refractivity contribution in [3.05, 3.63) is 77.2 Å². The SMILES string of the molecule is CS(=O)(=O)COC[C@@H]1CC[C@@H](Nc2ncnc3[nH]cc(C(=O)c4ccc(Oc5ccccc5)cc4Cl)c23)CO1. The molecule has 204 valence electrons. The van der Waals surface area contributed by atoms with E-state index in [9.17, 15) is 13.2 Å². The van der Waals surface area contributed by atoms with Crippen molar-refractivity contribution in [3.8, 4) is 11.5 Å². The van der Waals surface area contributed by atoms with Gasteiger partial charge in [-0.3, -0.25) is 4.79 Å². The number of nitrogens with zero attached hydrogens (tertiary/aromatic N) is 2. The number of anilines is 1. The molecule has 0 unspecified atom stereocenters. The number of nitrogens with one attached hydrogen (secondary N) is 2. The van der Waals surface area contributed by atoms with Gasteiger partial charge in [-0.15, -0.1) is 0 Å². The zero-order chi connectivity index (χ0) is 27.4. The molecule has 0 aliphatic carbocycles. The Hall–Kier alpha value is -3.51. The van der Waals surface area contributed by atoms with Crippen LogP contribution in [-0.2, 0) is 19.3 Å². The van der Waals surface area contributed by atoms with Gasteiger partial charge in [0.15, 0.2) is 15.6 Å². The van der Waals surface area contributed by atoms with Gasteiger partial charge in [-0.1, -0.05) is 29.8 Å². The number of ketones is 1. The molecule has 2 aromatic carbocycles. The third-order valence-electron chi connectivity index (χ3n) is 6.19. The molecular formula is C27H27ClN4O6S. The molecule has 0 saturated carbocycles. The van der Waals surface area contributed by atoms with Gasteiger partial charge in [0, 0.05) is 24.1 Å². The molecule has 1 saturated heterocycles. The Morgan fingerprint density at radius 1 is 1.13 bits per heavy atom. The number of benzene rings is 2. The zero-order valence-corrected chi connectivity index (χ0v) is 22.7. The second-order valence-electron chi connectivity index (χ2n) is 9.32. The lowest BCUT2D eigenvalue weighted by Crippen LogP contribution is -2.37. The van der Waals surface area contributed by atoms with Crippen LogP contribution in [0.1, 0.15) is 28.8 Å². The molecule has 1 aliphatic heterocycles. The summed E-state index contributed by atoms with van der Waals surface area (Å²) in [7, 11) is -3.19. The number of ether oxygens (including phenoxy) is 3. The van der Waals surface area contributed by atoms with Crippen LogP contribution < -0.4 is 10.1 Å². The van der Waals surface area contributed by atoms with Crippen molar-refractivity contribution in [3.63, 3.8) is 0 Å². The topological polar surface area (TPSA) is 132 Å². The van der Waals surface area contributed by atoms with Crippen LogP contribution >= 0.6 is 11.6 Å². The maximum atomic E-state index is 13.6. The van der Waals surface area contributed by atoms with Crippen molar-refractivity contribution < 1.29 is 27.4 Å². The predicted molar refractivity (Wildman–Crippen MR) is 147 cm³/mol. The van der Waals surface area contributed by atoms with E-state index in [-0.39, 0.29) is 35.5 Å². The lowest BCUT2D eigenvalue weighted by Gasteiger charge is -2.29. The molecule has 2 aromatic heterocycles. The molecule has 3 heterocycles. The summed E-state index contributed by atoms with van der Waals surface area (Å²) in [6.07, 6.45) is 5.40. The minimum Gasteiger partial charge on any atom is -0.457 e. The van der Waals surface area contributed by atoms with Gasteiger partial charge in [-0.2, -0.15) is 0 Å². The third-order valence-corrected chi connectivity index (χ3v) is 7.10. The lowest BCUT2D eigenvalue weighted by atomic mass is 10.0. The Balaban J connectivity index is 1.29. The number of H-pyrrole nitrogens is 1. The van der Waals surface area contributed by atoms with Crippen molar-refractivity contribution in [2.45, 2.75) is 25.0 Å². The summed E-state index contributed by atoms with van der Waals surface area (Å²) in [5.74, 6) is 1.08. The molecule has 1 aliphatic rings. The first-order valence-corrected chi connectivity index (χ1v) is 14.7. The molecule has 0 radical (unpaired) electrons. The zero-order valence-electron chi connectivity index (χ0n) is 21.1. The summed E-state index contributed by atoms with van der Waals surface area (Å²) in [6.45, 7) is 0.588. The highest BCUT2D eigenvalue weighted by atomic mass is 35.5. The normalized spacial score (nSPS) is 17.7. The average molecular weight is 571 g/mol. The number of aromatic amines is 1. The van der Waals surface area contributed by atoms with Crippen molar-refractivity contribution in [2.75, 3.05) is 30.7 Å². The van der Waals surface area contributed by atoms with Crippen LogP contribution in [0.2, 0.25) is 5.02 Å². The molecule has 39 heavy (non-hydrogen) atoms. The fourth-order valence-corrected chi connectivity index (χ4v) is 5.00. The van der Waals surface area contributed by atoms with Gasteiger partial charge in [0.05, 0.1) is 41.3 Å². The first-order valence-electron chi connectivity index (χ1n) is 12.3. The minimum absolute atomic E-state index is 0.0647. The predicted octanol–water partition coefficient (Wildman–Crippen LogP) is 4.61. The van der Waals surface area contributed by atoms with Gasteiger partial charge in [0.25, 0.3) is 0 Å². The van der Waals surface area contributed by atoms with Crippen LogP contribution in [0.4, 0.5) is 5.82 Å². The fraction of sp³-hybridized carbons (Fsp3) is 0.296. The van der Waals surface area contributed by atoms with Crippen LogP contribution in [0, 0.1) is 0 Å². The summed E-state index contributed by atoms with van der Waals surface area (Å²) in [5.41, 5.74) is 1.22. The van der Waals surface area contributed by atoms with Gasteiger partial charge in [-0.05, 0) is 37.1 Å². The van der Waals surface area contributed by atoms with Gasteiger partial charge in [0.2, 0.25) is 0 Å². The van der Waals surface area contributed by atoms with Crippen molar-refractivity contribution in [1.82, 2.24) is 15.0 Å². The van der Waals surface area contributed by atoms with Gasteiger partial charge >= 0.3 is 0 Å². The quantitative estimate of drug-likeness (QED) is 0.262. The first-order chi connectivity index (χ1) is 18.8. The highest BCUT2D eigenvalue weighted by Gasteiger charge is 2.25. The fourth-order valence-electron chi connectivity index (χ4n) is 4.34. The molecule has 5 rings (SSSR count). The number of carbonyl (C=O) groups excluding carboxylic acids is 1. The Morgan fingerprint density at radius 2 is 1.95 bits per heavy atom. The molecular weight excluding hydrogens is 544 g/mol. The highest BCUT2D eigenvalue weighted by molar-refractivity contribution is 7.90. The number of rotatable bonds is 10. The van der Waals surface area contributed by atoms with E-state index in [4.69, 9.17) is 25.8 Å². The van der Waals surface area contributed by atoms with E-state index in [1.165, 1.54) is 6.33 Å². The van der Waals surface area contributed by atoms with Crippen LogP contribution in [0.3, 0.4) is 0 Å². The van der Waals surface area contributed by atoms with Gasteiger partial charge in [-0.25, -0.2) is 18.4 Å². The van der Waals surface area contributed by atoms with Crippen molar-refractivity contribution >= 4 is 44.1 Å².